The minimum atomic E-state index is -1.97. The Balaban J connectivity index is 1.65. The van der Waals surface area contributed by atoms with E-state index in [1.54, 1.807) is 20.8 Å². The molecule has 1 saturated heterocycles. The molecular weight excluding hydrogens is 706 g/mol. The summed E-state index contributed by atoms with van der Waals surface area (Å²) in [6.07, 6.45) is -9.23. The predicted octanol–water partition coefficient (Wildman–Crippen LogP) is -0.847. The summed E-state index contributed by atoms with van der Waals surface area (Å²) < 4.78 is 21.5. The SMILES string of the molecule is CN(CCN(C)C(=O)OC(C)(C)C)C(=O)OCc1ccc(O[C@@H]2O[C@H](C(=O)O)[C@@H](O)[C@H](O)[C@H]2O)c(NC(=O)CCNC(=O)CCN2C(=O)C=CC2=O)c1. The molecule has 0 aliphatic carbocycles. The van der Waals surface area contributed by atoms with Crippen LogP contribution in [0.25, 0.3) is 0 Å². The van der Waals surface area contributed by atoms with E-state index in [9.17, 15) is 54.0 Å². The van der Waals surface area contributed by atoms with Crippen LogP contribution in [0.1, 0.15) is 39.2 Å². The third kappa shape index (κ3) is 12.4. The summed E-state index contributed by atoms with van der Waals surface area (Å²) in [5.74, 6) is -4.08. The third-order valence-corrected chi connectivity index (χ3v) is 7.66. The van der Waals surface area contributed by atoms with Gasteiger partial charge in [-0.1, -0.05) is 6.07 Å². The van der Waals surface area contributed by atoms with Gasteiger partial charge in [-0.25, -0.2) is 14.4 Å². The van der Waals surface area contributed by atoms with Crippen LogP contribution in [-0.4, -0.2) is 153 Å². The molecule has 20 heteroatoms. The number of carboxylic acid groups (broad SMARTS) is 1. The number of hydrogen-bond donors (Lipinski definition) is 6. The Kier molecular flexibility index (Phi) is 14.7. The molecule has 1 aromatic rings. The first-order chi connectivity index (χ1) is 24.8. The van der Waals surface area contributed by atoms with Gasteiger partial charge >= 0.3 is 18.2 Å². The Morgan fingerprint density at radius 2 is 1.51 bits per heavy atom. The molecule has 0 saturated carbocycles. The number of carbonyl (C=O) groups is 7. The maximum atomic E-state index is 12.9. The van der Waals surface area contributed by atoms with Crippen molar-refractivity contribution < 1.29 is 72.9 Å². The minimum Gasteiger partial charge on any atom is -0.479 e. The lowest BCUT2D eigenvalue weighted by atomic mass is 9.99. The van der Waals surface area contributed by atoms with Crippen molar-refractivity contribution in [2.75, 3.05) is 45.6 Å². The van der Waals surface area contributed by atoms with Crippen molar-refractivity contribution in [3.8, 4) is 5.75 Å². The quantitative estimate of drug-likeness (QED) is 0.119. The van der Waals surface area contributed by atoms with E-state index in [1.807, 2.05) is 0 Å². The van der Waals surface area contributed by atoms with Gasteiger partial charge in [0, 0.05) is 65.3 Å². The highest BCUT2D eigenvalue weighted by atomic mass is 16.7. The second-order valence-corrected chi connectivity index (χ2v) is 13.1. The van der Waals surface area contributed by atoms with Gasteiger partial charge in [0.15, 0.2) is 6.10 Å². The number of carboxylic acids is 1. The summed E-state index contributed by atoms with van der Waals surface area (Å²) >= 11 is 0. The smallest absolute Gasteiger partial charge is 0.410 e. The van der Waals surface area contributed by atoms with Crippen LogP contribution in [0, 0.1) is 0 Å². The largest absolute Gasteiger partial charge is 0.479 e. The lowest BCUT2D eigenvalue weighted by Crippen LogP contribution is -2.61. The van der Waals surface area contributed by atoms with E-state index in [0.29, 0.717) is 5.56 Å². The molecule has 292 valence electrons. The average molecular weight is 752 g/mol. The van der Waals surface area contributed by atoms with E-state index < -0.39 is 78.1 Å². The second kappa shape index (κ2) is 18.4. The molecule has 0 unspecified atom stereocenters. The van der Waals surface area contributed by atoms with Crippen molar-refractivity contribution >= 4 is 47.5 Å². The van der Waals surface area contributed by atoms with Gasteiger partial charge in [-0.15, -0.1) is 0 Å². The minimum absolute atomic E-state index is 0.0657. The Hall–Kier alpha value is -5.31. The number of aliphatic hydroxyl groups excluding tert-OH is 3. The molecule has 5 atom stereocenters. The van der Waals surface area contributed by atoms with Crippen LogP contribution >= 0.6 is 0 Å². The first kappa shape index (κ1) is 42.1. The van der Waals surface area contributed by atoms with Crippen LogP contribution in [0.4, 0.5) is 15.3 Å². The number of likely N-dealkylation sites (N-methyl/N-ethyl adjacent to an activating group) is 2. The monoisotopic (exact) mass is 751 g/mol. The summed E-state index contributed by atoms with van der Waals surface area (Å²) in [6, 6.07) is 4.07. The highest BCUT2D eigenvalue weighted by Crippen LogP contribution is 2.31. The summed E-state index contributed by atoms with van der Waals surface area (Å²) in [5, 5.41) is 45.1. The highest BCUT2D eigenvalue weighted by Gasteiger charge is 2.48. The molecule has 0 aromatic heterocycles. The highest BCUT2D eigenvalue weighted by molar-refractivity contribution is 6.13. The first-order valence-electron chi connectivity index (χ1n) is 16.4. The molecule has 53 heavy (non-hydrogen) atoms. The topological polar surface area (TPSA) is 271 Å². The lowest BCUT2D eigenvalue weighted by Gasteiger charge is -2.38. The summed E-state index contributed by atoms with van der Waals surface area (Å²) in [6.45, 7) is 4.81. The Labute approximate surface area is 304 Å². The fourth-order valence-electron chi connectivity index (χ4n) is 4.70. The molecular formula is C33H45N5O15. The number of amides is 6. The zero-order valence-electron chi connectivity index (χ0n) is 29.8. The van der Waals surface area contributed by atoms with Crippen LogP contribution in [0.15, 0.2) is 30.4 Å². The number of nitrogens with one attached hydrogen (secondary N) is 2. The average Bonchev–Trinajstić information content (AvgIpc) is 3.40. The second-order valence-electron chi connectivity index (χ2n) is 13.1. The summed E-state index contributed by atoms with van der Waals surface area (Å²) in [7, 11) is 2.98. The van der Waals surface area contributed by atoms with Crippen molar-refractivity contribution in [2.24, 2.45) is 0 Å². The summed E-state index contributed by atoms with van der Waals surface area (Å²) in [4.78, 5) is 88.4. The van der Waals surface area contributed by atoms with Crippen LogP contribution in [0.5, 0.6) is 5.75 Å². The molecule has 0 bridgehead atoms. The molecule has 2 heterocycles. The number of aliphatic carboxylic acids is 1. The number of ether oxygens (including phenoxy) is 4. The van der Waals surface area contributed by atoms with Gasteiger partial charge in [0.2, 0.25) is 18.1 Å². The fourth-order valence-corrected chi connectivity index (χ4v) is 4.70. The van der Waals surface area contributed by atoms with Crippen molar-refractivity contribution in [2.45, 2.75) is 76.5 Å². The Morgan fingerprint density at radius 1 is 0.887 bits per heavy atom. The van der Waals surface area contributed by atoms with Crippen LogP contribution in [-0.2, 0) is 44.8 Å². The summed E-state index contributed by atoms with van der Waals surface area (Å²) in [5.41, 5.74) is -0.431. The van der Waals surface area contributed by atoms with E-state index in [2.05, 4.69) is 10.6 Å². The van der Waals surface area contributed by atoms with E-state index in [0.717, 1.165) is 17.1 Å². The van der Waals surface area contributed by atoms with Crippen molar-refractivity contribution in [1.82, 2.24) is 20.0 Å². The number of rotatable bonds is 15. The molecule has 1 aromatic carbocycles. The van der Waals surface area contributed by atoms with E-state index in [-0.39, 0.29) is 57.1 Å². The van der Waals surface area contributed by atoms with E-state index in [4.69, 9.17) is 18.9 Å². The normalized spacial score (nSPS) is 21.1. The predicted molar refractivity (Wildman–Crippen MR) is 180 cm³/mol. The zero-order chi connectivity index (χ0) is 39.6. The number of hydrogen-bond acceptors (Lipinski definition) is 14. The Morgan fingerprint density at radius 3 is 2.11 bits per heavy atom. The van der Waals surface area contributed by atoms with Crippen molar-refractivity contribution in [1.29, 1.82) is 0 Å². The van der Waals surface area contributed by atoms with Gasteiger partial charge in [-0.05, 0) is 38.5 Å². The first-order valence-corrected chi connectivity index (χ1v) is 16.4. The van der Waals surface area contributed by atoms with Crippen molar-refractivity contribution in [3.63, 3.8) is 0 Å². The van der Waals surface area contributed by atoms with E-state index in [1.165, 1.54) is 42.1 Å². The van der Waals surface area contributed by atoms with Gasteiger partial charge < -0.3 is 59.8 Å². The number of nitrogens with zero attached hydrogens (tertiary/aromatic N) is 3. The molecule has 1 fully saturated rings. The van der Waals surface area contributed by atoms with E-state index >= 15 is 0 Å². The van der Waals surface area contributed by atoms with Gasteiger partial charge in [0.1, 0.15) is 36.3 Å². The molecule has 0 spiro atoms. The number of carbonyl (C=O) groups excluding carboxylic acids is 6. The Bertz CT molecular complexity index is 1560. The molecule has 20 nitrogen and oxygen atoms in total. The number of imide groups is 1. The maximum Gasteiger partial charge on any atom is 0.410 e. The molecule has 6 N–H and O–H groups in total. The number of anilines is 1. The van der Waals surface area contributed by atoms with Crippen molar-refractivity contribution in [3.05, 3.63) is 35.9 Å². The van der Waals surface area contributed by atoms with Gasteiger partial charge in [-0.3, -0.25) is 24.1 Å². The van der Waals surface area contributed by atoms with Gasteiger partial charge in [-0.2, -0.15) is 0 Å². The lowest BCUT2D eigenvalue weighted by molar-refractivity contribution is -0.271. The molecule has 0 radical (unpaired) electrons. The van der Waals surface area contributed by atoms with Gasteiger partial charge in [0.25, 0.3) is 11.8 Å². The fraction of sp³-hybridized carbons (Fsp3) is 0.545. The number of aliphatic hydroxyl groups is 3. The standard InChI is InChI=1S/C33H45N5O15/c1-33(2,3)53-32(49)37(5)15-14-36(4)31(48)50-17-18-6-7-20(51-30-27(45)25(43)26(44)28(52-30)29(46)47)19(16-18)35-22(40)10-12-34-21(39)11-13-38-23(41)8-9-24(38)42/h6-9,16,25-28,30,43-45H,10-15,17H2,1-5H3,(H,34,39)(H,35,40)(H,46,47)/t25-,26-,27+,28-,30+/m0/s1. The molecule has 2 aliphatic heterocycles. The van der Waals surface area contributed by atoms with Crippen LogP contribution in [0.3, 0.4) is 0 Å². The number of benzene rings is 1. The zero-order valence-corrected chi connectivity index (χ0v) is 29.8. The van der Waals surface area contributed by atoms with Gasteiger partial charge in [0.05, 0.1) is 5.69 Å². The third-order valence-electron chi connectivity index (χ3n) is 7.66. The van der Waals surface area contributed by atoms with Crippen LogP contribution < -0.4 is 15.4 Å². The molecule has 2 aliphatic rings. The maximum absolute atomic E-state index is 12.9. The molecule has 3 rings (SSSR count). The van der Waals surface area contributed by atoms with Crippen LogP contribution in [0.2, 0.25) is 0 Å². The molecule has 6 amide bonds.